The van der Waals surface area contributed by atoms with Crippen LogP contribution in [0.1, 0.15) is 18.9 Å². The average Bonchev–Trinajstić information content (AvgIpc) is 2.47. The fraction of sp³-hybridized carbons (Fsp3) is 0.500. The van der Waals surface area contributed by atoms with Crippen molar-refractivity contribution >= 4 is 23.0 Å². The summed E-state index contributed by atoms with van der Waals surface area (Å²) in [5.41, 5.74) is 0.963. The van der Waals surface area contributed by atoms with Crippen LogP contribution < -0.4 is 0 Å². The average molecular weight is 323 g/mol. The number of aliphatic hydroxyl groups excluding tert-OH is 1. The molecule has 6 heteroatoms. The minimum Gasteiger partial charge on any atom is -0.445 e. The molecule has 1 saturated heterocycles. The SMILES string of the molecule is CC(=O)SC[C@H](O)CC1CN(C(=O)OCc2ccccc2)C1. The number of amides is 1. The Labute approximate surface area is 134 Å². The number of nitrogens with zero attached hydrogens (tertiary/aromatic N) is 1. The molecular formula is C16H21NO4S. The fourth-order valence-electron chi connectivity index (χ4n) is 2.34. The molecule has 1 N–H and O–H groups in total. The smallest absolute Gasteiger partial charge is 0.410 e. The minimum atomic E-state index is -0.499. The highest BCUT2D eigenvalue weighted by molar-refractivity contribution is 8.13. The summed E-state index contributed by atoms with van der Waals surface area (Å²) >= 11 is 1.13. The number of rotatable bonds is 6. The van der Waals surface area contributed by atoms with Crippen LogP contribution in [0.4, 0.5) is 4.79 Å². The van der Waals surface area contributed by atoms with Crippen molar-refractivity contribution in [2.24, 2.45) is 5.92 Å². The number of aliphatic hydroxyl groups is 1. The molecular weight excluding hydrogens is 302 g/mol. The van der Waals surface area contributed by atoms with Crippen molar-refractivity contribution in [2.45, 2.75) is 26.1 Å². The van der Waals surface area contributed by atoms with Gasteiger partial charge < -0.3 is 14.7 Å². The first kappa shape index (κ1) is 16.8. The zero-order chi connectivity index (χ0) is 15.9. The molecule has 0 spiro atoms. The van der Waals surface area contributed by atoms with Gasteiger partial charge >= 0.3 is 6.09 Å². The van der Waals surface area contributed by atoms with Crippen LogP contribution in [0.15, 0.2) is 30.3 Å². The number of benzene rings is 1. The van der Waals surface area contributed by atoms with Gasteiger partial charge in [0.25, 0.3) is 0 Å². The molecule has 22 heavy (non-hydrogen) atoms. The van der Waals surface area contributed by atoms with Crippen molar-refractivity contribution in [1.82, 2.24) is 4.90 Å². The number of likely N-dealkylation sites (tertiary alicyclic amines) is 1. The Kier molecular flexibility index (Phi) is 6.27. The largest absolute Gasteiger partial charge is 0.445 e. The van der Waals surface area contributed by atoms with E-state index >= 15 is 0 Å². The zero-order valence-electron chi connectivity index (χ0n) is 12.6. The summed E-state index contributed by atoms with van der Waals surface area (Å²) in [6, 6.07) is 9.55. The number of carbonyl (C=O) groups is 2. The van der Waals surface area contributed by atoms with Crippen LogP contribution in [0.3, 0.4) is 0 Å². The van der Waals surface area contributed by atoms with Gasteiger partial charge in [-0.2, -0.15) is 0 Å². The van der Waals surface area contributed by atoms with Crippen LogP contribution >= 0.6 is 11.8 Å². The standard InChI is InChI=1S/C16H21NO4S/c1-12(18)22-11-15(19)7-14-8-17(9-14)16(20)21-10-13-5-3-2-4-6-13/h2-6,14-15,19H,7-11H2,1H3/t15-/m1/s1. The normalized spacial score (nSPS) is 16.0. The molecule has 1 fully saturated rings. The first-order chi connectivity index (χ1) is 10.5. The molecule has 0 aromatic heterocycles. The Balaban J connectivity index is 1.61. The van der Waals surface area contributed by atoms with E-state index in [0.29, 0.717) is 25.3 Å². The van der Waals surface area contributed by atoms with E-state index in [1.165, 1.54) is 6.92 Å². The molecule has 1 amide bonds. The molecule has 120 valence electrons. The Morgan fingerprint density at radius 1 is 1.36 bits per heavy atom. The van der Waals surface area contributed by atoms with Crippen LogP contribution in [-0.4, -0.2) is 46.2 Å². The molecule has 1 atom stereocenters. The summed E-state index contributed by atoms with van der Waals surface area (Å²) in [7, 11) is 0. The molecule has 1 heterocycles. The Morgan fingerprint density at radius 2 is 2.05 bits per heavy atom. The summed E-state index contributed by atoms with van der Waals surface area (Å²) in [4.78, 5) is 24.3. The maximum absolute atomic E-state index is 11.8. The molecule has 0 saturated carbocycles. The van der Waals surface area contributed by atoms with Gasteiger partial charge in [0.05, 0.1) is 6.10 Å². The zero-order valence-corrected chi connectivity index (χ0v) is 13.4. The molecule has 1 aromatic carbocycles. The van der Waals surface area contributed by atoms with Gasteiger partial charge in [-0.05, 0) is 17.9 Å². The molecule has 5 nitrogen and oxygen atoms in total. The predicted molar refractivity (Wildman–Crippen MR) is 85.5 cm³/mol. The third kappa shape index (κ3) is 5.35. The molecule has 1 aromatic rings. The predicted octanol–water partition coefficient (Wildman–Crippen LogP) is 2.29. The number of hydrogen-bond donors (Lipinski definition) is 1. The minimum absolute atomic E-state index is 0.0128. The van der Waals surface area contributed by atoms with Crippen molar-refractivity contribution < 1.29 is 19.4 Å². The summed E-state index contributed by atoms with van der Waals surface area (Å²) in [5, 5.41) is 9.82. The Bertz CT molecular complexity index is 502. The topological polar surface area (TPSA) is 66.8 Å². The van der Waals surface area contributed by atoms with Gasteiger partial charge in [-0.15, -0.1) is 0 Å². The lowest BCUT2D eigenvalue weighted by Gasteiger charge is -2.39. The van der Waals surface area contributed by atoms with Crippen LogP contribution in [0, 0.1) is 5.92 Å². The number of thioether (sulfide) groups is 1. The van der Waals surface area contributed by atoms with Gasteiger partial charge in [0.15, 0.2) is 5.12 Å². The van der Waals surface area contributed by atoms with E-state index in [2.05, 4.69) is 0 Å². The van der Waals surface area contributed by atoms with E-state index in [9.17, 15) is 14.7 Å². The van der Waals surface area contributed by atoms with Crippen molar-refractivity contribution in [1.29, 1.82) is 0 Å². The highest BCUT2D eigenvalue weighted by Crippen LogP contribution is 2.23. The van der Waals surface area contributed by atoms with Gasteiger partial charge in [0.1, 0.15) is 6.61 Å². The van der Waals surface area contributed by atoms with Crippen LogP contribution in [-0.2, 0) is 16.1 Å². The fourth-order valence-corrected chi connectivity index (χ4v) is 2.91. The van der Waals surface area contributed by atoms with E-state index in [0.717, 1.165) is 17.3 Å². The quantitative estimate of drug-likeness (QED) is 0.870. The second kappa shape index (κ2) is 8.19. The second-order valence-corrected chi connectivity index (χ2v) is 6.70. The molecule has 0 unspecified atom stereocenters. The van der Waals surface area contributed by atoms with Gasteiger partial charge in [-0.25, -0.2) is 4.79 Å². The Hall–Kier alpha value is -1.53. The molecule has 1 aliphatic rings. The lowest BCUT2D eigenvalue weighted by atomic mass is 9.94. The number of ether oxygens (including phenoxy) is 1. The van der Waals surface area contributed by atoms with Gasteiger partial charge in [-0.3, -0.25) is 4.79 Å². The van der Waals surface area contributed by atoms with Gasteiger partial charge in [0.2, 0.25) is 0 Å². The molecule has 2 rings (SSSR count). The van der Waals surface area contributed by atoms with Crippen molar-refractivity contribution in [3.05, 3.63) is 35.9 Å². The number of carbonyl (C=O) groups excluding carboxylic acids is 2. The van der Waals surface area contributed by atoms with Crippen molar-refractivity contribution in [3.8, 4) is 0 Å². The molecule has 0 aliphatic carbocycles. The third-order valence-corrected chi connectivity index (χ3v) is 4.46. The lowest BCUT2D eigenvalue weighted by molar-refractivity contribution is -0.109. The lowest BCUT2D eigenvalue weighted by Crippen LogP contribution is -2.51. The summed E-state index contributed by atoms with van der Waals surface area (Å²) < 4.78 is 5.24. The number of hydrogen-bond acceptors (Lipinski definition) is 5. The second-order valence-electron chi connectivity index (χ2n) is 5.50. The summed E-state index contributed by atoms with van der Waals surface area (Å²) in [5.74, 6) is 0.705. The van der Waals surface area contributed by atoms with Gasteiger partial charge in [0, 0.05) is 25.8 Å². The van der Waals surface area contributed by atoms with E-state index in [1.807, 2.05) is 30.3 Å². The first-order valence-electron chi connectivity index (χ1n) is 7.31. The maximum atomic E-state index is 11.8. The Morgan fingerprint density at radius 3 is 2.68 bits per heavy atom. The van der Waals surface area contributed by atoms with Crippen LogP contribution in [0.25, 0.3) is 0 Å². The monoisotopic (exact) mass is 323 g/mol. The first-order valence-corrected chi connectivity index (χ1v) is 8.30. The van der Waals surface area contributed by atoms with E-state index in [4.69, 9.17) is 4.74 Å². The van der Waals surface area contributed by atoms with E-state index < -0.39 is 6.10 Å². The molecule has 0 bridgehead atoms. The highest BCUT2D eigenvalue weighted by Gasteiger charge is 2.32. The maximum Gasteiger partial charge on any atom is 0.410 e. The highest BCUT2D eigenvalue weighted by atomic mass is 32.2. The third-order valence-electron chi connectivity index (χ3n) is 3.50. The summed E-state index contributed by atoms with van der Waals surface area (Å²) in [6.07, 6.45) is -0.197. The molecule has 0 radical (unpaired) electrons. The molecule has 1 aliphatic heterocycles. The van der Waals surface area contributed by atoms with Crippen LogP contribution in [0.5, 0.6) is 0 Å². The van der Waals surface area contributed by atoms with Crippen molar-refractivity contribution in [2.75, 3.05) is 18.8 Å². The van der Waals surface area contributed by atoms with Gasteiger partial charge in [-0.1, -0.05) is 42.1 Å². The van der Waals surface area contributed by atoms with E-state index in [-0.39, 0.29) is 23.7 Å². The van der Waals surface area contributed by atoms with Crippen LogP contribution in [0.2, 0.25) is 0 Å². The van der Waals surface area contributed by atoms with Crippen molar-refractivity contribution in [3.63, 3.8) is 0 Å². The van der Waals surface area contributed by atoms with E-state index in [1.54, 1.807) is 4.90 Å². The summed E-state index contributed by atoms with van der Waals surface area (Å²) in [6.45, 7) is 2.98.